The molecule has 0 radical (unpaired) electrons. The van der Waals surface area contributed by atoms with Crippen molar-refractivity contribution in [2.24, 2.45) is 0 Å². The molecule has 0 unspecified atom stereocenters. The largest absolute Gasteiger partial charge is 0.454 e. The van der Waals surface area contributed by atoms with Crippen molar-refractivity contribution in [2.75, 3.05) is 14.6 Å². The summed E-state index contributed by atoms with van der Waals surface area (Å²) in [6, 6.07) is 66.6. The minimum atomic E-state index is -0.352. The summed E-state index contributed by atoms with van der Waals surface area (Å²) in [5.41, 5.74) is 28.3. The van der Waals surface area contributed by atoms with E-state index in [0.717, 1.165) is 63.2 Å². The number of hydrogen-bond donors (Lipinski definition) is 0. The summed E-state index contributed by atoms with van der Waals surface area (Å²) in [6.45, 7) is 42.3. The molecule has 15 rings (SSSR count). The molecule has 4 heterocycles. The molecule has 0 amide bonds. The molecule has 2 aliphatic heterocycles. The molecule has 0 spiro atoms. The summed E-state index contributed by atoms with van der Waals surface area (Å²) in [7, 11) is 0. The Balaban J connectivity index is 1.02. The lowest BCUT2D eigenvalue weighted by atomic mass is 9.46. The molecule has 0 N–H and O–H groups in total. The maximum Gasteiger partial charge on any atom is 0.343 e. The van der Waals surface area contributed by atoms with Crippen molar-refractivity contribution < 1.29 is 4.42 Å². The molecule has 2 aromatic heterocycles. The second-order valence-electron chi connectivity index (χ2n) is 32.5. The zero-order valence-corrected chi connectivity index (χ0v) is 56.6. The lowest BCUT2D eigenvalue weighted by Crippen LogP contribution is -2.60. The van der Waals surface area contributed by atoms with E-state index >= 15 is 0 Å². The zero-order chi connectivity index (χ0) is 62.6. The van der Waals surface area contributed by atoms with Gasteiger partial charge < -0.3 is 19.0 Å². The molecule has 0 bridgehead atoms. The van der Waals surface area contributed by atoms with Crippen LogP contribution in [0.4, 0.5) is 45.5 Å². The third-order valence-electron chi connectivity index (χ3n) is 21.1. The standard InChI is InChI=1S/C83H86BN3OS/c1-77(2,3)49-23-31-53(32-24-49)85(54-33-25-50(26-34-54)78(4,5)6)57-39-40-58-60-44-61-62-45-63-59-21-19-20-22-70(59)88-75(63)74-72(62)84(87(56-37-29-52(30-38-56)80(10,11)12)69(61)47-66(60)83(17,18)65(58)43-57)76-73(86(74)55-35-27-51(28-36-55)79(7,8)9)64-46-67-68(48-71(64)89-76)82(15,16)42-41-81(67,13)14/h19-40,43-48H,41-42H2,1-18H3. The van der Waals surface area contributed by atoms with Crippen molar-refractivity contribution >= 4 is 106 Å². The van der Waals surface area contributed by atoms with Crippen LogP contribution in [-0.2, 0) is 37.9 Å². The minimum absolute atomic E-state index is 0.0149. The average Bonchev–Trinajstić information content (AvgIpc) is 1.63. The van der Waals surface area contributed by atoms with E-state index in [-0.39, 0.29) is 44.8 Å². The second-order valence-corrected chi connectivity index (χ2v) is 33.6. The number of nitrogens with zero attached hydrogens (tertiary/aromatic N) is 3. The van der Waals surface area contributed by atoms with E-state index in [4.69, 9.17) is 4.42 Å². The molecule has 4 aliphatic rings. The van der Waals surface area contributed by atoms with Gasteiger partial charge in [0.25, 0.3) is 0 Å². The van der Waals surface area contributed by atoms with Crippen molar-refractivity contribution in [3.63, 3.8) is 0 Å². The number of benzene rings is 9. The fraction of sp³-hybridized carbons (Fsp3) is 0.325. The van der Waals surface area contributed by atoms with Gasteiger partial charge in [0.05, 0.1) is 11.4 Å². The van der Waals surface area contributed by atoms with Gasteiger partial charge in [0.2, 0.25) is 0 Å². The average molecular weight is 1180 g/mol. The summed E-state index contributed by atoms with van der Waals surface area (Å²) < 4.78 is 10.1. The summed E-state index contributed by atoms with van der Waals surface area (Å²) in [4.78, 5) is 7.86. The number of para-hydroxylation sites is 1. The van der Waals surface area contributed by atoms with Crippen LogP contribution in [0.25, 0.3) is 54.3 Å². The molecular weight excluding hydrogens is 1100 g/mol. The van der Waals surface area contributed by atoms with Crippen molar-refractivity contribution in [1.29, 1.82) is 0 Å². The van der Waals surface area contributed by atoms with E-state index in [2.05, 4.69) is 309 Å². The van der Waals surface area contributed by atoms with Gasteiger partial charge in [-0.05, 0) is 209 Å². The first-order chi connectivity index (χ1) is 41.9. The number of rotatable bonds is 5. The molecule has 0 fully saturated rings. The van der Waals surface area contributed by atoms with E-state index in [9.17, 15) is 0 Å². The first-order valence-corrected chi connectivity index (χ1v) is 33.5. The molecule has 11 aromatic rings. The molecule has 9 aromatic carbocycles. The Morgan fingerprint density at radius 1 is 0.438 bits per heavy atom. The van der Waals surface area contributed by atoms with Gasteiger partial charge in [-0.15, -0.1) is 11.3 Å². The van der Waals surface area contributed by atoms with Gasteiger partial charge in [-0.1, -0.05) is 197 Å². The molecule has 4 nitrogen and oxygen atoms in total. The van der Waals surface area contributed by atoms with Crippen LogP contribution >= 0.6 is 11.3 Å². The number of furan rings is 1. The maximum absolute atomic E-state index is 7.41. The fourth-order valence-corrected chi connectivity index (χ4v) is 16.9. The topological polar surface area (TPSA) is 22.9 Å². The van der Waals surface area contributed by atoms with Gasteiger partial charge in [-0.2, -0.15) is 0 Å². The van der Waals surface area contributed by atoms with Crippen molar-refractivity contribution in [3.8, 4) is 22.3 Å². The molecule has 0 saturated heterocycles. The van der Waals surface area contributed by atoms with E-state index in [1.165, 1.54) is 104 Å². The normalized spacial score (nSPS) is 16.3. The highest BCUT2D eigenvalue weighted by Crippen LogP contribution is 2.59. The minimum Gasteiger partial charge on any atom is -0.454 e. The monoisotopic (exact) mass is 1180 g/mol. The Hall–Kier alpha value is -7.80. The van der Waals surface area contributed by atoms with Crippen LogP contribution in [0.1, 0.15) is 182 Å². The number of anilines is 8. The molecule has 0 saturated carbocycles. The van der Waals surface area contributed by atoms with E-state index < -0.39 is 0 Å². The summed E-state index contributed by atoms with van der Waals surface area (Å²) in [5.74, 6) is 0. The Morgan fingerprint density at radius 2 is 0.944 bits per heavy atom. The van der Waals surface area contributed by atoms with Crippen LogP contribution in [0.2, 0.25) is 0 Å². The molecular formula is C83H86BN3OS. The third-order valence-corrected chi connectivity index (χ3v) is 22.3. The van der Waals surface area contributed by atoms with Crippen LogP contribution in [0.5, 0.6) is 0 Å². The number of hydrogen-bond acceptors (Lipinski definition) is 5. The van der Waals surface area contributed by atoms with Gasteiger partial charge in [0, 0.05) is 70.7 Å². The zero-order valence-electron chi connectivity index (χ0n) is 55.8. The van der Waals surface area contributed by atoms with Crippen LogP contribution < -0.4 is 24.9 Å². The van der Waals surface area contributed by atoms with Crippen LogP contribution in [0, 0.1) is 0 Å². The summed E-state index contributed by atoms with van der Waals surface area (Å²) >= 11 is 2.01. The van der Waals surface area contributed by atoms with E-state index in [1.807, 2.05) is 11.3 Å². The Morgan fingerprint density at radius 3 is 1.51 bits per heavy atom. The summed E-state index contributed by atoms with van der Waals surface area (Å²) in [5, 5.41) is 3.58. The molecule has 6 heteroatoms. The number of thiophene rings is 1. The molecule has 0 atom stereocenters. The Labute approximate surface area is 533 Å². The SMILES string of the molecule is CC(C)(C)c1ccc(N2B3c4sc5cc6c(cc5c4N(c4ccc(C(C)(C)C)cc4)c4c3c(cc3c4oc4ccccc43)-c3cc4c(cc32)C(C)(C)c2cc(N(c3ccc(C(C)(C)C)cc3)c3ccc(C(C)(C)C)cc3)ccc2-4)C(C)(C)CCC6(C)C)cc1. The van der Waals surface area contributed by atoms with E-state index in [1.54, 1.807) is 0 Å². The van der Waals surface area contributed by atoms with Gasteiger partial charge in [0.1, 0.15) is 5.58 Å². The maximum atomic E-state index is 7.41. The smallest absolute Gasteiger partial charge is 0.343 e. The predicted octanol–water partition coefficient (Wildman–Crippen LogP) is 22.8. The Kier molecular flexibility index (Phi) is 12.4. The van der Waals surface area contributed by atoms with Gasteiger partial charge in [-0.25, -0.2) is 0 Å². The Bertz CT molecular complexity index is 4660. The van der Waals surface area contributed by atoms with Crippen LogP contribution in [0.3, 0.4) is 0 Å². The lowest BCUT2D eigenvalue weighted by molar-refractivity contribution is 0.332. The quantitative estimate of drug-likeness (QED) is 0.160. The van der Waals surface area contributed by atoms with Crippen LogP contribution in [-0.4, -0.2) is 6.85 Å². The molecule has 2 aliphatic carbocycles. The highest BCUT2D eigenvalue weighted by molar-refractivity contribution is 7.32. The number of fused-ring (bicyclic) bond motifs is 14. The predicted molar refractivity (Wildman–Crippen MR) is 385 cm³/mol. The highest BCUT2D eigenvalue weighted by atomic mass is 32.1. The third kappa shape index (κ3) is 8.87. The van der Waals surface area contributed by atoms with Gasteiger partial charge in [0.15, 0.2) is 5.58 Å². The van der Waals surface area contributed by atoms with Crippen LogP contribution in [0.15, 0.2) is 174 Å². The second kappa shape index (κ2) is 19.1. The highest BCUT2D eigenvalue weighted by Gasteiger charge is 2.51. The van der Waals surface area contributed by atoms with Crippen molar-refractivity contribution in [3.05, 3.63) is 214 Å². The first-order valence-electron chi connectivity index (χ1n) is 32.6. The van der Waals surface area contributed by atoms with Crippen molar-refractivity contribution in [2.45, 2.75) is 175 Å². The van der Waals surface area contributed by atoms with Gasteiger partial charge in [-0.3, -0.25) is 0 Å². The lowest BCUT2D eigenvalue weighted by Gasteiger charge is -2.45. The first kappa shape index (κ1) is 57.6. The molecule has 448 valence electrons. The van der Waals surface area contributed by atoms with Crippen molar-refractivity contribution in [1.82, 2.24) is 0 Å². The van der Waals surface area contributed by atoms with Gasteiger partial charge >= 0.3 is 6.85 Å². The molecule has 89 heavy (non-hydrogen) atoms. The van der Waals surface area contributed by atoms with E-state index in [0.29, 0.717) is 0 Å². The fourth-order valence-electron chi connectivity index (χ4n) is 15.5. The summed E-state index contributed by atoms with van der Waals surface area (Å²) in [6.07, 6.45) is 2.31.